The van der Waals surface area contributed by atoms with E-state index in [0.29, 0.717) is 12.0 Å². The van der Waals surface area contributed by atoms with Crippen LogP contribution in [0.4, 0.5) is 17.6 Å². The third-order valence-corrected chi connectivity index (χ3v) is 3.32. The smallest absolute Gasteiger partial charge is 0.223 e. The minimum Gasteiger partial charge on any atom is -0.370 e. The van der Waals surface area contributed by atoms with Crippen molar-refractivity contribution >= 4 is 17.6 Å². The lowest BCUT2D eigenvalue weighted by molar-refractivity contribution is 0.646. The Kier molecular flexibility index (Phi) is 3.66. The lowest BCUT2D eigenvalue weighted by Crippen LogP contribution is -2.30. The maximum atomic E-state index is 5.74. The molecule has 0 unspecified atom stereocenters. The topological polar surface area (TPSA) is 67.1 Å². The maximum Gasteiger partial charge on any atom is 0.223 e. The summed E-state index contributed by atoms with van der Waals surface area (Å²) in [5.41, 5.74) is 5.74. The molecule has 0 aliphatic heterocycles. The monoisotopic (exact) mass is 235 g/mol. The van der Waals surface area contributed by atoms with Crippen molar-refractivity contribution in [1.82, 2.24) is 9.97 Å². The molecule has 1 aliphatic carbocycles. The van der Waals surface area contributed by atoms with Crippen LogP contribution in [0.25, 0.3) is 0 Å². The van der Waals surface area contributed by atoms with Gasteiger partial charge < -0.3 is 16.0 Å². The first-order valence-corrected chi connectivity index (χ1v) is 6.32. The molecule has 17 heavy (non-hydrogen) atoms. The predicted octanol–water partition coefficient (Wildman–Crippen LogP) is 1.87. The van der Waals surface area contributed by atoms with Crippen molar-refractivity contribution < 1.29 is 0 Å². The van der Waals surface area contributed by atoms with Gasteiger partial charge in [-0.15, -0.1) is 0 Å². The summed E-state index contributed by atoms with van der Waals surface area (Å²) in [6, 6.07) is 2.57. The lowest BCUT2D eigenvalue weighted by Gasteiger charge is -2.25. The molecule has 1 aromatic rings. The van der Waals surface area contributed by atoms with Crippen molar-refractivity contribution in [3.8, 4) is 0 Å². The average molecular weight is 235 g/mol. The molecule has 5 nitrogen and oxygen atoms in total. The molecule has 1 fully saturated rings. The number of nitrogens with one attached hydrogen (secondary N) is 1. The molecule has 0 spiro atoms. The third-order valence-electron chi connectivity index (χ3n) is 3.32. The largest absolute Gasteiger partial charge is 0.370 e. The molecule has 0 aromatic carbocycles. The van der Waals surface area contributed by atoms with Gasteiger partial charge in [0, 0.05) is 25.7 Å². The summed E-state index contributed by atoms with van der Waals surface area (Å²) in [5.74, 6) is 2.06. The zero-order chi connectivity index (χ0) is 12.3. The molecule has 5 heteroatoms. The van der Waals surface area contributed by atoms with E-state index < -0.39 is 0 Å². The van der Waals surface area contributed by atoms with Crippen LogP contribution in [0, 0.1) is 0 Å². The second-order valence-electron chi connectivity index (χ2n) is 4.55. The Labute approximate surface area is 102 Å². The maximum absolute atomic E-state index is 5.74. The Balaban J connectivity index is 2.18. The van der Waals surface area contributed by atoms with Crippen LogP contribution in [0.3, 0.4) is 0 Å². The van der Waals surface area contributed by atoms with E-state index in [1.165, 1.54) is 25.7 Å². The molecule has 1 aliphatic rings. The van der Waals surface area contributed by atoms with Gasteiger partial charge in [-0.1, -0.05) is 12.8 Å². The summed E-state index contributed by atoms with van der Waals surface area (Å²) >= 11 is 0. The molecule has 0 amide bonds. The Morgan fingerprint density at radius 3 is 2.76 bits per heavy atom. The number of nitrogens with zero attached hydrogens (tertiary/aromatic N) is 3. The van der Waals surface area contributed by atoms with Crippen LogP contribution in [0.15, 0.2) is 6.07 Å². The number of hydrogen-bond donors (Lipinski definition) is 2. The molecule has 1 aromatic heterocycles. The van der Waals surface area contributed by atoms with Crippen LogP contribution >= 0.6 is 0 Å². The summed E-state index contributed by atoms with van der Waals surface area (Å²) < 4.78 is 0. The predicted molar refractivity (Wildman–Crippen MR) is 71.3 cm³/mol. The van der Waals surface area contributed by atoms with Gasteiger partial charge in [0.15, 0.2) is 0 Å². The van der Waals surface area contributed by atoms with Gasteiger partial charge >= 0.3 is 0 Å². The first-order valence-electron chi connectivity index (χ1n) is 6.32. The van der Waals surface area contributed by atoms with Crippen molar-refractivity contribution in [2.75, 3.05) is 29.5 Å². The van der Waals surface area contributed by atoms with E-state index in [4.69, 9.17) is 5.73 Å². The van der Waals surface area contributed by atoms with Crippen molar-refractivity contribution in [1.29, 1.82) is 0 Å². The Hall–Kier alpha value is -1.52. The molecule has 0 saturated heterocycles. The van der Waals surface area contributed by atoms with Gasteiger partial charge in [0.05, 0.1) is 0 Å². The average Bonchev–Trinajstić information content (AvgIpc) is 2.81. The highest BCUT2D eigenvalue weighted by Gasteiger charge is 2.21. The molecule has 1 saturated carbocycles. The van der Waals surface area contributed by atoms with E-state index in [1.807, 2.05) is 13.0 Å². The van der Waals surface area contributed by atoms with Gasteiger partial charge in [-0.2, -0.15) is 9.97 Å². The van der Waals surface area contributed by atoms with Crippen molar-refractivity contribution in [2.45, 2.75) is 38.6 Å². The standard InChI is InChI=1S/C12H21N5/c1-3-14-10-8-11(16-12(13)15-10)17(2)9-6-4-5-7-9/h8-9H,3-7H2,1-2H3,(H3,13,14,15,16). The minimum atomic E-state index is 0.336. The number of hydrogen-bond acceptors (Lipinski definition) is 5. The quantitative estimate of drug-likeness (QED) is 0.834. The molecular formula is C12H21N5. The molecule has 1 heterocycles. The first-order chi connectivity index (χ1) is 8.20. The summed E-state index contributed by atoms with van der Waals surface area (Å²) in [6.45, 7) is 2.88. The Morgan fingerprint density at radius 2 is 2.12 bits per heavy atom. The molecular weight excluding hydrogens is 214 g/mol. The van der Waals surface area contributed by atoms with Crippen LogP contribution < -0.4 is 16.0 Å². The number of nitrogens with two attached hydrogens (primary N) is 1. The molecule has 2 rings (SSSR count). The van der Waals surface area contributed by atoms with Gasteiger partial charge in [-0.25, -0.2) is 0 Å². The summed E-state index contributed by atoms with van der Waals surface area (Å²) in [5, 5.41) is 3.18. The molecule has 0 radical (unpaired) electrons. The van der Waals surface area contributed by atoms with Crippen molar-refractivity contribution in [3.05, 3.63) is 6.07 Å². The van der Waals surface area contributed by atoms with Gasteiger partial charge in [0.2, 0.25) is 5.95 Å². The van der Waals surface area contributed by atoms with E-state index in [9.17, 15) is 0 Å². The summed E-state index contributed by atoms with van der Waals surface area (Å²) in [6.07, 6.45) is 5.12. The second kappa shape index (κ2) is 5.21. The normalized spacial score (nSPS) is 16.1. The molecule has 0 atom stereocenters. The molecule has 94 valence electrons. The van der Waals surface area contributed by atoms with E-state index in [0.717, 1.165) is 18.2 Å². The van der Waals surface area contributed by atoms with Gasteiger partial charge in [-0.3, -0.25) is 0 Å². The molecule has 3 N–H and O–H groups in total. The molecule has 0 bridgehead atoms. The van der Waals surface area contributed by atoms with Gasteiger partial charge in [-0.05, 0) is 19.8 Å². The summed E-state index contributed by atoms with van der Waals surface area (Å²) in [4.78, 5) is 10.7. The van der Waals surface area contributed by atoms with Crippen LogP contribution in [-0.4, -0.2) is 29.6 Å². The lowest BCUT2D eigenvalue weighted by atomic mass is 10.2. The van der Waals surface area contributed by atoms with Crippen LogP contribution in [0.2, 0.25) is 0 Å². The zero-order valence-electron chi connectivity index (χ0n) is 10.6. The van der Waals surface area contributed by atoms with Gasteiger partial charge in [0.1, 0.15) is 11.6 Å². The highest BCUT2D eigenvalue weighted by atomic mass is 15.2. The van der Waals surface area contributed by atoms with Crippen molar-refractivity contribution in [3.63, 3.8) is 0 Å². The number of nitrogen functional groups attached to an aromatic ring is 1. The highest BCUT2D eigenvalue weighted by molar-refractivity contribution is 5.52. The highest BCUT2D eigenvalue weighted by Crippen LogP contribution is 2.27. The first kappa shape index (κ1) is 12.0. The summed E-state index contributed by atoms with van der Waals surface area (Å²) in [7, 11) is 2.09. The zero-order valence-corrected chi connectivity index (χ0v) is 10.6. The fourth-order valence-electron chi connectivity index (χ4n) is 2.38. The number of anilines is 3. The van der Waals surface area contributed by atoms with Crippen molar-refractivity contribution in [2.24, 2.45) is 0 Å². The van der Waals surface area contributed by atoms with Gasteiger partial charge in [0.25, 0.3) is 0 Å². The van der Waals surface area contributed by atoms with E-state index in [2.05, 4.69) is 27.2 Å². The fraction of sp³-hybridized carbons (Fsp3) is 0.667. The van der Waals surface area contributed by atoms with E-state index >= 15 is 0 Å². The van der Waals surface area contributed by atoms with Crippen LogP contribution in [0.1, 0.15) is 32.6 Å². The number of rotatable bonds is 4. The fourth-order valence-corrected chi connectivity index (χ4v) is 2.38. The van der Waals surface area contributed by atoms with E-state index in [1.54, 1.807) is 0 Å². The SMILES string of the molecule is CCNc1cc(N(C)C2CCCC2)nc(N)n1. The minimum absolute atomic E-state index is 0.336. The second-order valence-corrected chi connectivity index (χ2v) is 4.55. The van der Waals surface area contributed by atoms with E-state index in [-0.39, 0.29) is 0 Å². The Morgan fingerprint density at radius 1 is 1.41 bits per heavy atom. The van der Waals surface area contributed by atoms with Crippen LogP contribution in [0.5, 0.6) is 0 Å². The number of aromatic nitrogens is 2. The Bertz CT molecular complexity index is 373. The third kappa shape index (κ3) is 2.78. The van der Waals surface area contributed by atoms with Crippen LogP contribution in [-0.2, 0) is 0 Å².